The fourth-order valence-corrected chi connectivity index (χ4v) is 4.35. The third kappa shape index (κ3) is 4.02. The molecule has 30 heavy (non-hydrogen) atoms. The number of carbonyl (C=O) groups excluding carboxylic acids is 2. The quantitative estimate of drug-likeness (QED) is 0.815. The summed E-state index contributed by atoms with van der Waals surface area (Å²) in [5.74, 6) is -0.155. The standard InChI is InChI=1S/C21H27N5O4/c1-2-30-21(29)25-12-10-24(11-13-25)15-6-5-9-26(14-15)20(28)18-16-7-3-4-8-17(16)19(27)23-22-18/h3-4,7-8,15H,2,5-6,9-14H2,1H3,(H,23,27). The molecule has 1 aromatic carbocycles. The van der Waals surface area contributed by atoms with Gasteiger partial charge in [0.15, 0.2) is 5.69 Å². The van der Waals surface area contributed by atoms with Crippen LogP contribution in [-0.2, 0) is 4.74 Å². The average Bonchev–Trinajstić information content (AvgIpc) is 2.79. The first-order chi connectivity index (χ1) is 14.6. The van der Waals surface area contributed by atoms with Crippen molar-refractivity contribution in [2.75, 3.05) is 45.9 Å². The monoisotopic (exact) mass is 413 g/mol. The summed E-state index contributed by atoms with van der Waals surface area (Å²) >= 11 is 0. The molecule has 2 aliphatic rings. The Balaban J connectivity index is 1.44. The van der Waals surface area contributed by atoms with Crippen molar-refractivity contribution >= 4 is 22.8 Å². The predicted octanol–water partition coefficient (Wildman–Crippen LogP) is 1.30. The number of nitrogens with one attached hydrogen (secondary N) is 1. The number of fused-ring (bicyclic) bond motifs is 1. The Morgan fingerprint density at radius 1 is 1.10 bits per heavy atom. The number of H-pyrrole nitrogens is 1. The van der Waals surface area contributed by atoms with Gasteiger partial charge >= 0.3 is 6.09 Å². The minimum atomic E-state index is -0.293. The SMILES string of the molecule is CCOC(=O)N1CCN(C2CCCN(C(=O)c3n[nH]c(=O)c4ccccc34)C2)CC1. The molecule has 0 saturated carbocycles. The van der Waals surface area contributed by atoms with Gasteiger partial charge in [-0.3, -0.25) is 14.5 Å². The molecule has 2 aromatic rings. The lowest BCUT2D eigenvalue weighted by molar-refractivity contribution is 0.0376. The Labute approximate surface area is 174 Å². The summed E-state index contributed by atoms with van der Waals surface area (Å²) in [7, 11) is 0. The van der Waals surface area contributed by atoms with Crippen LogP contribution in [0.5, 0.6) is 0 Å². The van der Waals surface area contributed by atoms with Gasteiger partial charge in [-0.2, -0.15) is 5.10 Å². The number of aromatic amines is 1. The molecule has 0 radical (unpaired) electrons. The van der Waals surface area contributed by atoms with Crippen LogP contribution < -0.4 is 5.56 Å². The molecule has 0 aliphatic carbocycles. The van der Waals surface area contributed by atoms with Gasteiger partial charge in [-0.25, -0.2) is 9.89 Å². The average molecular weight is 413 g/mol. The van der Waals surface area contributed by atoms with E-state index >= 15 is 0 Å². The fraction of sp³-hybridized carbons (Fsp3) is 0.524. The molecule has 1 aromatic heterocycles. The zero-order valence-corrected chi connectivity index (χ0v) is 17.2. The van der Waals surface area contributed by atoms with Crippen LogP contribution in [0.15, 0.2) is 29.1 Å². The highest BCUT2D eigenvalue weighted by atomic mass is 16.6. The number of likely N-dealkylation sites (tertiary alicyclic amines) is 1. The molecule has 9 heteroatoms. The summed E-state index contributed by atoms with van der Waals surface area (Å²) in [4.78, 5) is 43.1. The smallest absolute Gasteiger partial charge is 0.409 e. The van der Waals surface area contributed by atoms with Crippen molar-refractivity contribution < 1.29 is 14.3 Å². The number of aromatic nitrogens is 2. The van der Waals surface area contributed by atoms with Gasteiger partial charge in [-0.15, -0.1) is 0 Å². The van der Waals surface area contributed by atoms with Crippen LogP contribution in [0.2, 0.25) is 0 Å². The zero-order valence-electron chi connectivity index (χ0n) is 17.2. The predicted molar refractivity (Wildman–Crippen MR) is 111 cm³/mol. The van der Waals surface area contributed by atoms with Gasteiger partial charge in [0.2, 0.25) is 0 Å². The number of hydrogen-bond acceptors (Lipinski definition) is 6. The molecule has 1 unspecified atom stereocenters. The van der Waals surface area contributed by atoms with Gasteiger partial charge in [0.05, 0.1) is 12.0 Å². The largest absolute Gasteiger partial charge is 0.450 e. The van der Waals surface area contributed by atoms with Crippen LogP contribution in [0, 0.1) is 0 Å². The van der Waals surface area contributed by atoms with E-state index in [1.165, 1.54) is 0 Å². The van der Waals surface area contributed by atoms with E-state index < -0.39 is 0 Å². The molecular formula is C21H27N5O4. The van der Waals surface area contributed by atoms with E-state index in [1.807, 2.05) is 17.9 Å². The number of benzene rings is 1. The normalized spacial score (nSPS) is 20.4. The number of rotatable bonds is 3. The van der Waals surface area contributed by atoms with Gasteiger partial charge in [0, 0.05) is 50.7 Å². The van der Waals surface area contributed by atoms with Gasteiger partial charge in [0.25, 0.3) is 11.5 Å². The Morgan fingerprint density at radius 3 is 2.57 bits per heavy atom. The molecule has 160 valence electrons. The molecule has 4 rings (SSSR count). The van der Waals surface area contributed by atoms with E-state index in [0.717, 1.165) is 25.9 Å². The minimum absolute atomic E-state index is 0.155. The summed E-state index contributed by atoms with van der Waals surface area (Å²) in [5, 5.41) is 7.57. The molecule has 1 atom stereocenters. The minimum Gasteiger partial charge on any atom is -0.450 e. The first-order valence-corrected chi connectivity index (χ1v) is 10.5. The van der Waals surface area contributed by atoms with E-state index in [9.17, 15) is 14.4 Å². The maximum atomic E-state index is 13.2. The summed E-state index contributed by atoms with van der Waals surface area (Å²) in [6.07, 6.45) is 1.67. The molecule has 3 heterocycles. The van der Waals surface area contributed by atoms with Crippen molar-refractivity contribution in [1.82, 2.24) is 24.9 Å². The van der Waals surface area contributed by atoms with E-state index in [2.05, 4.69) is 15.1 Å². The number of hydrogen-bond donors (Lipinski definition) is 1. The van der Waals surface area contributed by atoms with Gasteiger partial charge in [-0.1, -0.05) is 18.2 Å². The lowest BCUT2D eigenvalue weighted by atomic mass is 10.0. The highest BCUT2D eigenvalue weighted by Crippen LogP contribution is 2.21. The van der Waals surface area contributed by atoms with Gasteiger partial charge in [0.1, 0.15) is 0 Å². The third-order valence-corrected chi connectivity index (χ3v) is 5.94. The molecule has 2 amide bonds. The topological polar surface area (TPSA) is 98.8 Å². The summed E-state index contributed by atoms with van der Waals surface area (Å²) in [6, 6.07) is 7.30. The van der Waals surface area contributed by atoms with E-state index in [0.29, 0.717) is 43.6 Å². The number of amides is 2. The zero-order chi connectivity index (χ0) is 21.1. The highest BCUT2D eigenvalue weighted by molar-refractivity contribution is 6.04. The number of piperazine rings is 1. The van der Waals surface area contributed by atoms with Crippen molar-refractivity contribution in [2.45, 2.75) is 25.8 Å². The molecule has 0 spiro atoms. The van der Waals surface area contributed by atoms with Crippen molar-refractivity contribution in [2.24, 2.45) is 0 Å². The maximum Gasteiger partial charge on any atom is 0.409 e. The van der Waals surface area contributed by atoms with E-state index in [-0.39, 0.29) is 29.3 Å². The second kappa shape index (κ2) is 8.83. The highest BCUT2D eigenvalue weighted by Gasteiger charge is 2.32. The second-order valence-corrected chi connectivity index (χ2v) is 7.72. The van der Waals surface area contributed by atoms with Crippen LogP contribution in [0.4, 0.5) is 4.79 Å². The van der Waals surface area contributed by atoms with E-state index in [1.54, 1.807) is 23.1 Å². The molecular weight excluding hydrogens is 386 g/mol. The summed E-state index contributed by atoms with van der Waals surface area (Å²) in [6.45, 7) is 6.29. The molecule has 1 N–H and O–H groups in total. The van der Waals surface area contributed by atoms with Crippen molar-refractivity contribution in [3.63, 3.8) is 0 Å². The van der Waals surface area contributed by atoms with Crippen LogP contribution >= 0.6 is 0 Å². The second-order valence-electron chi connectivity index (χ2n) is 7.72. The van der Waals surface area contributed by atoms with Crippen LogP contribution in [0.3, 0.4) is 0 Å². The van der Waals surface area contributed by atoms with Crippen LogP contribution in [0.1, 0.15) is 30.3 Å². The molecule has 2 saturated heterocycles. The summed E-state index contributed by atoms with van der Waals surface area (Å²) < 4.78 is 5.09. The van der Waals surface area contributed by atoms with Crippen molar-refractivity contribution in [3.8, 4) is 0 Å². The van der Waals surface area contributed by atoms with Gasteiger partial charge in [-0.05, 0) is 25.8 Å². The maximum absolute atomic E-state index is 13.2. The third-order valence-electron chi connectivity index (χ3n) is 5.94. The Kier molecular flexibility index (Phi) is 5.98. The van der Waals surface area contributed by atoms with Crippen LogP contribution in [0.25, 0.3) is 10.8 Å². The Hall–Kier alpha value is -2.94. The first kappa shape index (κ1) is 20.3. The number of carbonyl (C=O) groups is 2. The fourth-order valence-electron chi connectivity index (χ4n) is 4.35. The lowest BCUT2D eigenvalue weighted by Gasteiger charge is -2.43. The van der Waals surface area contributed by atoms with Gasteiger partial charge < -0.3 is 14.5 Å². The molecule has 2 fully saturated rings. The van der Waals surface area contributed by atoms with E-state index in [4.69, 9.17) is 4.74 Å². The van der Waals surface area contributed by atoms with Crippen LogP contribution in [-0.4, -0.2) is 88.8 Å². The van der Waals surface area contributed by atoms with Crippen molar-refractivity contribution in [3.05, 3.63) is 40.3 Å². The molecule has 2 aliphatic heterocycles. The number of nitrogens with zero attached hydrogens (tertiary/aromatic N) is 4. The first-order valence-electron chi connectivity index (χ1n) is 10.5. The Bertz CT molecular complexity index is 983. The lowest BCUT2D eigenvalue weighted by Crippen LogP contribution is -2.56. The molecule has 9 nitrogen and oxygen atoms in total. The summed E-state index contributed by atoms with van der Waals surface area (Å²) in [5.41, 5.74) is -0.00359. The van der Waals surface area contributed by atoms with Crippen molar-refractivity contribution in [1.29, 1.82) is 0 Å². The number of ether oxygens (including phenoxy) is 1. The Morgan fingerprint density at radius 2 is 1.83 bits per heavy atom. The number of piperidine rings is 1. The molecule has 0 bridgehead atoms.